The average molecular weight is 541 g/mol. The smallest absolute Gasteiger partial charge is 0.359 e. The van der Waals surface area contributed by atoms with E-state index in [4.69, 9.17) is 4.74 Å². The molecule has 0 fully saturated rings. The van der Waals surface area contributed by atoms with Crippen LogP contribution in [-0.2, 0) is 22.9 Å². The lowest BCUT2D eigenvalue weighted by Crippen LogP contribution is -2.46. The van der Waals surface area contributed by atoms with E-state index >= 15 is 8.78 Å². The Morgan fingerprint density at radius 2 is 1.21 bits per heavy atom. The minimum Gasteiger partial charge on any atom is -0.359 e. The Bertz CT molecular complexity index is 1050. The maximum atomic E-state index is 15.3. The van der Waals surface area contributed by atoms with E-state index in [1.54, 1.807) is 24.3 Å². The molecule has 3 rings (SSSR count). The molecule has 3 aromatic rings. The molecular weight excluding hydrogens is 515 g/mol. The van der Waals surface area contributed by atoms with Gasteiger partial charge in [0.2, 0.25) is 0 Å². The molecule has 0 saturated carbocycles. The molecule has 0 aromatic heterocycles. The van der Waals surface area contributed by atoms with Crippen LogP contribution in [0, 0.1) is 5.41 Å². The Hall–Kier alpha value is -2.25. The standard InChI is InChI=1S/C27H26BrF5O/c1-24(2,3)26(19-11-6-4-7-12-19,20-13-8-5-9-14-20)34-18-25(29,30)17-21-22(27(31,32)33)15-10-16-23(21)28/h4-16H,17-18H2,1-3H3. The summed E-state index contributed by atoms with van der Waals surface area (Å²) in [6.07, 6.45) is -5.87. The van der Waals surface area contributed by atoms with Gasteiger partial charge in [-0.1, -0.05) is 103 Å². The number of halogens is 6. The fourth-order valence-electron chi connectivity index (χ4n) is 4.29. The largest absolute Gasteiger partial charge is 0.416 e. The van der Waals surface area contributed by atoms with E-state index in [1.807, 2.05) is 57.2 Å². The second kappa shape index (κ2) is 9.78. The molecular formula is C27H26BrF5O. The van der Waals surface area contributed by atoms with Crippen LogP contribution in [0.15, 0.2) is 83.3 Å². The molecule has 182 valence electrons. The molecule has 0 aliphatic heterocycles. The molecule has 0 amide bonds. The Labute approximate surface area is 205 Å². The zero-order valence-electron chi connectivity index (χ0n) is 19.1. The second-order valence-corrected chi connectivity index (χ2v) is 10.1. The van der Waals surface area contributed by atoms with Crippen LogP contribution in [0.3, 0.4) is 0 Å². The number of ether oxygens (including phenoxy) is 1. The van der Waals surface area contributed by atoms with E-state index in [0.717, 1.165) is 6.07 Å². The van der Waals surface area contributed by atoms with Crippen LogP contribution in [0.5, 0.6) is 0 Å². The predicted octanol–water partition coefficient (Wildman–Crippen LogP) is 8.65. The molecule has 0 bridgehead atoms. The average Bonchev–Trinajstić information content (AvgIpc) is 2.75. The molecule has 0 aliphatic carbocycles. The minimum atomic E-state index is -4.75. The summed E-state index contributed by atoms with van der Waals surface area (Å²) >= 11 is 3.01. The van der Waals surface area contributed by atoms with Crippen molar-refractivity contribution in [3.63, 3.8) is 0 Å². The number of hydrogen-bond donors (Lipinski definition) is 0. The SMILES string of the molecule is CC(C)(C)C(OCC(F)(F)Cc1c(Br)cccc1C(F)(F)F)(c1ccccc1)c1ccccc1. The maximum Gasteiger partial charge on any atom is 0.416 e. The van der Waals surface area contributed by atoms with Gasteiger partial charge < -0.3 is 4.74 Å². The zero-order valence-corrected chi connectivity index (χ0v) is 20.7. The van der Waals surface area contributed by atoms with Gasteiger partial charge in [-0.25, -0.2) is 8.78 Å². The summed E-state index contributed by atoms with van der Waals surface area (Å²) in [5.74, 6) is -3.57. The van der Waals surface area contributed by atoms with Crippen LogP contribution < -0.4 is 0 Å². The Kier molecular flexibility index (Phi) is 7.58. The normalized spacial score (nSPS) is 13.2. The lowest BCUT2D eigenvalue weighted by molar-refractivity contribution is -0.163. The molecule has 0 heterocycles. The van der Waals surface area contributed by atoms with Crippen molar-refractivity contribution in [1.29, 1.82) is 0 Å². The zero-order chi connectivity index (χ0) is 25.2. The third-order valence-electron chi connectivity index (χ3n) is 5.78. The van der Waals surface area contributed by atoms with Crippen LogP contribution in [0.4, 0.5) is 22.0 Å². The van der Waals surface area contributed by atoms with Crippen LogP contribution in [0.25, 0.3) is 0 Å². The van der Waals surface area contributed by atoms with Crippen molar-refractivity contribution in [2.75, 3.05) is 6.61 Å². The van der Waals surface area contributed by atoms with Gasteiger partial charge in [0.05, 0.1) is 5.56 Å². The molecule has 0 aliphatic rings. The van der Waals surface area contributed by atoms with Crippen LogP contribution >= 0.6 is 15.9 Å². The van der Waals surface area contributed by atoms with E-state index < -0.39 is 47.3 Å². The lowest BCUT2D eigenvalue weighted by atomic mass is 9.68. The van der Waals surface area contributed by atoms with Gasteiger partial charge in [0.15, 0.2) is 0 Å². The topological polar surface area (TPSA) is 9.23 Å². The Morgan fingerprint density at radius 1 is 0.706 bits per heavy atom. The summed E-state index contributed by atoms with van der Waals surface area (Å²) in [7, 11) is 0. The van der Waals surface area contributed by atoms with Gasteiger partial charge in [0.1, 0.15) is 12.2 Å². The first-order valence-corrected chi connectivity index (χ1v) is 11.5. The summed E-state index contributed by atoms with van der Waals surface area (Å²) in [5.41, 5.74) is -2.16. The summed E-state index contributed by atoms with van der Waals surface area (Å²) in [6.45, 7) is 4.61. The van der Waals surface area contributed by atoms with E-state index in [2.05, 4.69) is 15.9 Å². The quantitative estimate of drug-likeness (QED) is 0.272. The first kappa shape index (κ1) is 26.4. The molecule has 0 radical (unpaired) electrons. The van der Waals surface area contributed by atoms with Crippen molar-refractivity contribution in [2.45, 2.75) is 44.9 Å². The van der Waals surface area contributed by atoms with Crippen molar-refractivity contribution in [3.8, 4) is 0 Å². The van der Waals surface area contributed by atoms with Gasteiger partial charge in [0, 0.05) is 10.9 Å². The highest BCUT2D eigenvalue weighted by atomic mass is 79.9. The van der Waals surface area contributed by atoms with E-state index in [0.29, 0.717) is 11.1 Å². The van der Waals surface area contributed by atoms with Crippen molar-refractivity contribution in [1.82, 2.24) is 0 Å². The van der Waals surface area contributed by atoms with Gasteiger partial charge in [-0.05, 0) is 34.2 Å². The highest BCUT2D eigenvalue weighted by molar-refractivity contribution is 9.10. The molecule has 0 unspecified atom stereocenters. The minimum absolute atomic E-state index is 0.0183. The van der Waals surface area contributed by atoms with E-state index in [1.165, 1.54) is 12.1 Å². The monoisotopic (exact) mass is 540 g/mol. The van der Waals surface area contributed by atoms with Gasteiger partial charge in [0.25, 0.3) is 5.92 Å². The summed E-state index contributed by atoms with van der Waals surface area (Å²) < 4.78 is 77.1. The first-order chi connectivity index (χ1) is 15.8. The van der Waals surface area contributed by atoms with Crippen molar-refractivity contribution in [3.05, 3.63) is 106 Å². The van der Waals surface area contributed by atoms with E-state index in [-0.39, 0.29) is 4.47 Å². The lowest BCUT2D eigenvalue weighted by Gasteiger charge is -2.46. The van der Waals surface area contributed by atoms with Crippen molar-refractivity contribution >= 4 is 15.9 Å². The number of alkyl halides is 5. The molecule has 34 heavy (non-hydrogen) atoms. The molecule has 0 N–H and O–H groups in total. The van der Waals surface area contributed by atoms with Gasteiger partial charge >= 0.3 is 6.18 Å². The highest BCUT2D eigenvalue weighted by Crippen LogP contribution is 2.49. The molecule has 0 spiro atoms. The predicted molar refractivity (Wildman–Crippen MR) is 127 cm³/mol. The van der Waals surface area contributed by atoms with Crippen LogP contribution in [0.2, 0.25) is 0 Å². The fraction of sp³-hybridized carbons (Fsp3) is 0.333. The Morgan fingerprint density at radius 3 is 1.65 bits per heavy atom. The number of benzene rings is 3. The van der Waals surface area contributed by atoms with Gasteiger partial charge in [-0.2, -0.15) is 13.2 Å². The molecule has 0 atom stereocenters. The maximum absolute atomic E-state index is 15.3. The third kappa shape index (κ3) is 5.52. The molecule has 7 heteroatoms. The number of hydrogen-bond acceptors (Lipinski definition) is 1. The second-order valence-electron chi connectivity index (χ2n) is 9.25. The molecule has 0 saturated heterocycles. The van der Waals surface area contributed by atoms with Crippen molar-refractivity contribution in [2.24, 2.45) is 5.41 Å². The summed E-state index contributed by atoms with van der Waals surface area (Å²) in [4.78, 5) is 0. The third-order valence-corrected chi connectivity index (χ3v) is 6.52. The summed E-state index contributed by atoms with van der Waals surface area (Å²) in [6, 6.07) is 21.4. The van der Waals surface area contributed by atoms with Gasteiger partial charge in [-0.15, -0.1) is 0 Å². The molecule has 3 aromatic carbocycles. The van der Waals surface area contributed by atoms with Crippen LogP contribution in [-0.4, -0.2) is 12.5 Å². The summed E-state index contributed by atoms with van der Waals surface area (Å²) in [5, 5.41) is 0. The fourth-order valence-corrected chi connectivity index (χ4v) is 4.80. The van der Waals surface area contributed by atoms with Crippen LogP contribution in [0.1, 0.15) is 43.0 Å². The molecule has 1 nitrogen and oxygen atoms in total. The van der Waals surface area contributed by atoms with Crippen molar-refractivity contribution < 1.29 is 26.7 Å². The van der Waals surface area contributed by atoms with E-state index in [9.17, 15) is 13.2 Å². The highest BCUT2D eigenvalue weighted by Gasteiger charge is 2.49. The Balaban J connectivity index is 2.03. The number of rotatable bonds is 7. The van der Waals surface area contributed by atoms with Gasteiger partial charge in [-0.3, -0.25) is 0 Å². The first-order valence-electron chi connectivity index (χ1n) is 10.8.